The highest BCUT2D eigenvalue weighted by atomic mass is 35.5. The van der Waals surface area contributed by atoms with Crippen molar-refractivity contribution in [1.82, 2.24) is 42.8 Å². The summed E-state index contributed by atoms with van der Waals surface area (Å²) in [5.41, 5.74) is 24.1. The van der Waals surface area contributed by atoms with E-state index in [2.05, 4.69) is 39.9 Å². The minimum Gasteiger partial charge on any atom is -0.480 e. The second-order valence-electron chi connectivity index (χ2n) is 17.5. The molecule has 0 unspecified atom stereocenters. The maximum absolute atomic E-state index is 13.2. The fourth-order valence-electron chi connectivity index (χ4n) is 8.04. The first-order valence-corrected chi connectivity index (χ1v) is 30.3. The Morgan fingerprint density at radius 2 is 0.783 bits per heavy atom. The van der Waals surface area contributed by atoms with E-state index in [-0.39, 0.29) is 68.1 Å². The van der Waals surface area contributed by atoms with Crippen molar-refractivity contribution < 1.29 is 35.2 Å². The maximum atomic E-state index is 13.2. The number of aliphatic carboxylic acids is 1. The molecule has 6 heterocycles. The molecule has 0 fully saturated rings. The number of benzene rings is 3. The molecule has 9 aromatic rings. The molecule has 30 heteroatoms. The zero-order valence-electron chi connectivity index (χ0n) is 43.9. The number of hydrogen-bond donors (Lipinski definition) is 5. The molecule has 0 amide bonds. The van der Waals surface area contributed by atoms with Gasteiger partial charge in [0.2, 0.25) is 30.1 Å². The van der Waals surface area contributed by atoms with Gasteiger partial charge in [0.05, 0.1) is 29.8 Å². The van der Waals surface area contributed by atoms with Crippen molar-refractivity contribution in [3.05, 3.63) is 184 Å². The molecular weight excluding hydrogens is 1210 g/mol. The van der Waals surface area contributed by atoms with Gasteiger partial charge in [-0.15, -0.1) is 0 Å². The molecule has 0 atom stereocenters. The van der Waals surface area contributed by atoms with Crippen molar-refractivity contribution in [1.29, 1.82) is 0 Å². The Kier molecular flexibility index (Phi) is 20.9. The molecule has 83 heavy (non-hydrogen) atoms. The van der Waals surface area contributed by atoms with E-state index >= 15 is 0 Å². The molecule has 0 spiro atoms. The predicted octanol–water partition coefficient (Wildman–Crippen LogP) is 8.01. The summed E-state index contributed by atoms with van der Waals surface area (Å²) in [5.74, 6) is -1.44. The molecule has 0 radical (unpaired) electrons. The molecule has 9 rings (SSSR count). The lowest BCUT2D eigenvalue weighted by atomic mass is 10.1. The van der Waals surface area contributed by atoms with Crippen LogP contribution >= 0.6 is 46.4 Å². The van der Waals surface area contributed by atoms with E-state index in [0.717, 1.165) is 15.4 Å². The number of pyridine rings is 6. The second kappa shape index (κ2) is 27.5. The van der Waals surface area contributed by atoms with Crippen LogP contribution < -0.4 is 22.9 Å². The topological polar surface area (TPSA) is 356 Å². The number of rotatable bonds is 18. The number of carboxylic acid groups (broad SMARTS) is 1. The van der Waals surface area contributed by atoms with E-state index in [0.29, 0.717) is 61.0 Å². The summed E-state index contributed by atoms with van der Waals surface area (Å²) in [6.07, 6.45) is 13.7. The van der Waals surface area contributed by atoms with Gasteiger partial charge in [-0.25, -0.2) is 40.2 Å². The van der Waals surface area contributed by atoms with Gasteiger partial charge in [-0.2, -0.15) is 22.9 Å². The number of carboxylic acids is 1. The van der Waals surface area contributed by atoms with Crippen LogP contribution in [0.3, 0.4) is 0 Å². The zero-order valence-corrected chi connectivity index (χ0v) is 49.3. The summed E-state index contributed by atoms with van der Waals surface area (Å²) in [6, 6.07) is 23.8. The highest BCUT2D eigenvalue weighted by Crippen LogP contribution is 2.35. The van der Waals surface area contributed by atoms with Crippen LogP contribution in [-0.4, -0.2) is 111 Å². The van der Waals surface area contributed by atoms with Gasteiger partial charge in [0.1, 0.15) is 11.7 Å². The summed E-state index contributed by atoms with van der Waals surface area (Å²) >= 11 is 24.6. The predicted molar refractivity (Wildman–Crippen MR) is 321 cm³/mol. The Bertz CT molecular complexity index is 4240. The van der Waals surface area contributed by atoms with Gasteiger partial charge < -0.3 is 28.0 Å². The van der Waals surface area contributed by atoms with E-state index in [4.69, 9.17) is 69.3 Å². The largest absolute Gasteiger partial charge is 0.480 e. The molecule has 23 nitrogen and oxygen atoms in total. The lowest BCUT2D eigenvalue weighted by Gasteiger charge is -2.21. The number of aliphatic imine (C=N–C) groups is 2. The van der Waals surface area contributed by atoms with E-state index in [1.807, 2.05) is 0 Å². The molecule has 0 bridgehead atoms. The van der Waals surface area contributed by atoms with Crippen molar-refractivity contribution in [3.63, 3.8) is 0 Å². The minimum absolute atomic E-state index is 0.0883. The molecule has 0 saturated carbocycles. The van der Waals surface area contributed by atoms with E-state index in [1.54, 1.807) is 87.2 Å². The fraction of sp³-hybridized carbons (Fsp3) is 0.151. The van der Waals surface area contributed by atoms with Crippen LogP contribution in [0.2, 0.25) is 20.2 Å². The summed E-state index contributed by atoms with van der Waals surface area (Å²) in [4.78, 5) is 43.2. The number of nitrogens with two attached hydrogens (primary N) is 4. The van der Waals surface area contributed by atoms with E-state index in [1.165, 1.54) is 82.1 Å². The number of carbonyl (C=O) groups is 1. The Balaban J connectivity index is 0.000000180. The van der Waals surface area contributed by atoms with Crippen LogP contribution in [0.4, 0.5) is 11.6 Å². The monoisotopic (exact) mass is 1260 g/mol. The van der Waals surface area contributed by atoms with Crippen molar-refractivity contribution in [2.24, 2.45) is 32.9 Å². The smallest absolute Gasteiger partial charge is 0.318 e. The van der Waals surface area contributed by atoms with Gasteiger partial charge in [0.25, 0.3) is 0 Å². The highest BCUT2D eigenvalue weighted by molar-refractivity contribution is 7.89. The van der Waals surface area contributed by atoms with Gasteiger partial charge in [0.15, 0.2) is 23.6 Å². The van der Waals surface area contributed by atoms with Crippen LogP contribution in [0.15, 0.2) is 171 Å². The minimum atomic E-state index is -4.19. The first-order chi connectivity index (χ1) is 39.4. The molecule has 432 valence electrons. The van der Waals surface area contributed by atoms with Crippen molar-refractivity contribution >= 4 is 138 Å². The Morgan fingerprint density at radius 3 is 1.12 bits per heavy atom. The third-order valence-corrected chi connectivity index (χ3v) is 18.9. The number of aromatic nitrogens is 6. The van der Waals surface area contributed by atoms with Gasteiger partial charge >= 0.3 is 5.97 Å². The Morgan fingerprint density at radius 1 is 0.470 bits per heavy atom. The third kappa shape index (κ3) is 15.5. The molecule has 6 aromatic heterocycles. The number of fused-ring (bicyclic) bond motifs is 3. The zero-order chi connectivity index (χ0) is 60.2. The second-order valence-corrected chi connectivity index (χ2v) is 24.9. The summed E-state index contributed by atoms with van der Waals surface area (Å²) in [6.45, 7) is 3.84. The lowest BCUT2D eigenvalue weighted by molar-refractivity contribution is -0.137. The average Bonchev–Trinajstić information content (AvgIpc) is 3.63. The molecule has 0 aliphatic carbocycles. The van der Waals surface area contributed by atoms with Crippen LogP contribution in [0, 0.1) is 0 Å². The third-order valence-electron chi connectivity index (χ3n) is 12.1. The summed E-state index contributed by atoms with van der Waals surface area (Å²) < 4.78 is 82.6. The molecule has 9 N–H and O–H groups in total. The van der Waals surface area contributed by atoms with Crippen LogP contribution in [0.25, 0.3) is 32.3 Å². The molecule has 0 aliphatic rings. The van der Waals surface area contributed by atoms with E-state index < -0.39 is 42.6 Å². The highest BCUT2D eigenvalue weighted by Gasteiger charge is 2.29. The fourth-order valence-corrected chi connectivity index (χ4v) is 13.2. The number of guanidine groups is 2. The van der Waals surface area contributed by atoms with Gasteiger partial charge in [-0.05, 0) is 89.5 Å². The normalized spacial score (nSPS) is 11.7. The summed E-state index contributed by atoms with van der Waals surface area (Å²) in [7, 11) is -11.6. The Hall–Kier alpha value is -7.76. The van der Waals surface area contributed by atoms with Gasteiger partial charge in [-0.1, -0.05) is 78.5 Å². The number of sulfonamides is 3. The molecule has 0 saturated heterocycles. The number of nitrogens with zero attached hydrogens (tertiary/aromatic N) is 11. The molecule has 3 aromatic carbocycles. The number of hydrogen-bond acceptors (Lipinski definition) is 15. The van der Waals surface area contributed by atoms with Crippen LogP contribution in [0.1, 0.15) is 30.5 Å². The van der Waals surface area contributed by atoms with Gasteiger partial charge in [0, 0.05) is 121 Å². The standard InChI is InChI=1S/C18H17ClN6O4S.C18H19ClN6O2S.C17H15Cl2N3O2S/c19-15-8-23-17(24-18(20)21)14-7-12(1-2-13(14)15)30(28,29)25(10-16(26)27)9-11-3-5-22-6-4-11;1-2-25(11-12-5-7-22-8-6-12)28(26,27)13-3-4-14-15(9-13)17(24-18(20)21)23-10-16(14)19;1-2-22(11-12-5-7-20-8-6-12)25(23,24)13-3-4-14-15(9-13)17(19)21-10-16(14)18/h1-8H,9-10H2,(H,26,27)(H4,20,21,23,24);3-10H,2,11H2,1H3,(H4,20,21,23,24);3-10H,2,11H2,1H3. The van der Waals surface area contributed by atoms with E-state index in [9.17, 15) is 35.2 Å². The lowest BCUT2D eigenvalue weighted by Crippen LogP contribution is -2.35. The number of halogens is 4. The average molecular weight is 1260 g/mol. The van der Waals surface area contributed by atoms with Gasteiger partial charge in [-0.3, -0.25) is 19.7 Å². The van der Waals surface area contributed by atoms with Crippen LogP contribution in [-0.2, 0) is 54.5 Å². The quantitative estimate of drug-likeness (QED) is 0.0308. The first kappa shape index (κ1) is 62.8. The van der Waals surface area contributed by atoms with Crippen LogP contribution in [0.5, 0.6) is 0 Å². The van der Waals surface area contributed by atoms with Crippen molar-refractivity contribution in [2.75, 3.05) is 19.6 Å². The first-order valence-electron chi connectivity index (χ1n) is 24.4. The SMILES string of the molecule is CCN(Cc1ccncc1)S(=O)(=O)c1ccc2c(Cl)cnc(Cl)c2c1.CCN(Cc1ccncc1)S(=O)(=O)c1ccc2c(Cl)cnc(N=C(N)N)c2c1.NC(N)=Nc1ncc(Cl)c2ccc(S(=O)(=O)N(CC(=O)O)Cc3ccncc3)cc12. The van der Waals surface area contributed by atoms with Crippen molar-refractivity contribution in [3.8, 4) is 0 Å². The Labute approximate surface area is 497 Å². The molecule has 0 aliphatic heterocycles. The molecular formula is C53H51Cl4N15O8S3. The maximum Gasteiger partial charge on any atom is 0.318 e. The summed E-state index contributed by atoms with van der Waals surface area (Å²) in [5, 5.41) is 13.5. The van der Waals surface area contributed by atoms with Crippen molar-refractivity contribution in [2.45, 2.75) is 48.2 Å².